The van der Waals surface area contributed by atoms with Gasteiger partial charge in [-0.3, -0.25) is 9.59 Å². The molecule has 0 aliphatic carbocycles. The minimum absolute atomic E-state index is 0.240. The van der Waals surface area contributed by atoms with Crippen molar-refractivity contribution >= 4 is 23.2 Å². The monoisotopic (exact) mass is 270 g/mol. The van der Waals surface area contributed by atoms with E-state index in [1.165, 1.54) is 11.3 Å². The van der Waals surface area contributed by atoms with Gasteiger partial charge in [0.15, 0.2) is 0 Å². The van der Waals surface area contributed by atoms with E-state index >= 15 is 0 Å². The number of esters is 1. The number of amides is 1. The third kappa shape index (κ3) is 4.83. The van der Waals surface area contributed by atoms with E-state index in [9.17, 15) is 9.59 Å². The Morgan fingerprint density at radius 2 is 2.22 bits per heavy atom. The molecule has 0 radical (unpaired) electrons. The zero-order valence-electron chi connectivity index (χ0n) is 10.9. The van der Waals surface area contributed by atoms with Crippen LogP contribution in [-0.2, 0) is 20.9 Å². The predicted molar refractivity (Wildman–Crippen MR) is 69.3 cm³/mol. The van der Waals surface area contributed by atoms with Crippen molar-refractivity contribution in [1.29, 1.82) is 0 Å². The smallest absolute Gasteiger partial charge is 0.315 e. The van der Waals surface area contributed by atoms with Gasteiger partial charge in [-0.2, -0.15) is 0 Å². The molecule has 18 heavy (non-hydrogen) atoms. The lowest BCUT2D eigenvalue weighted by atomic mass is 10.2. The zero-order chi connectivity index (χ0) is 13.5. The number of aromatic nitrogens is 1. The number of nitrogens with zero attached hydrogens (tertiary/aromatic N) is 1. The highest BCUT2D eigenvalue weighted by Gasteiger charge is 2.11. The predicted octanol–water partition coefficient (Wildman–Crippen LogP) is 1.84. The Kier molecular flexibility index (Phi) is 5.77. The van der Waals surface area contributed by atoms with E-state index in [4.69, 9.17) is 0 Å². The van der Waals surface area contributed by atoms with Crippen LogP contribution in [0.15, 0.2) is 5.38 Å². The number of hydrogen-bond acceptors (Lipinski definition) is 5. The van der Waals surface area contributed by atoms with Crippen LogP contribution in [0.25, 0.3) is 0 Å². The summed E-state index contributed by atoms with van der Waals surface area (Å²) in [4.78, 5) is 26.9. The zero-order valence-corrected chi connectivity index (χ0v) is 11.7. The number of ether oxygens (including phenoxy) is 1. The molecule has 5 nitrogen and oxygen atoms in total. The lowest BCUT2D eigenvalue weighted by Gasteiger charge is -2.03. The molecule has 1 rings (SSSR count). The van der Waals surface area contributed by atoms with Gasteiger partial charge < -0.3 is 10.1 Å². The molecule has 0 aliphatic heterocycles. The summed E-state index contributed by atoms with van der Waals surface area (Å²) in [6.07, 6.45) is -0.240. The van der Waals surface area contributed by atoms with Crippen molar-refractivity contribution in [1.82, 2.24) is 10.3 Å². The molecule has 0 aliphatic rings. The van der Waals surface area contributed by atoms with Crippen LogP contribution in [0.1, 0.15) is 43.8 Å². The van der Waals surface area contributed by atoms with Crippen molar-refractivity contribution in [2.75, 3.05) is 6.61 Å². The molecule has 1 amide bonds. The first-order valence-corrected chi connectivity index (χ1v) is 6.77. The van der Waals surface area contributed by atoms with Crippen LogP contribution < -0.4 is 5.32 Å². The van der Waals surface area contributed by atoms with Gasteiger partial charge in [-0.05, 0) is 12.8 Å². The molecule has 0 atom stereocenters. The maximum Gasteiger partial charge on any atom is 0.315 e. The molecule has 1 aromatic rings. The van der Waals surface area contributed by atoms with E-state index in [1.807, 2.05) is 5.38 Å². The van der Waals surface area contributed by atoms with Crippen molar-refractivity contribution in [3.8, 4) is 0 Å². The first-order valence-electron chi connectivity index (χ1n) is 5.89. The molecule has 0 unspecified atom stereocenters. The van der Waals surface area contributed by atoms with E-state index in [0.29, 0.717) is 12.5 Å². The molecular formula is C12H18N2O3S. The average molecular weight is 270 g/mol. The van der Waals surface area contributed by atoms with E-state index in [0.717, 1.165) is 10.7 Å². The number of carbonyl (C=O) groups excluding carboxylic acids is 2. The van der Waals surface area contributed by atoms with Crippen molar-refractivity contribution in [3.05, 3.63) is 16.1 Å². The quantitative estimate of drug-likeness (QED) is 0.632. The van der Waals surface area contributed by atoms with Gasteiger partial charge in [-0.25, -0.2) is 4.98 Å². The van der Waals surface area contributed by atoms with Gasteiger partial charge in [0.25, 0.3) is 0 Å². The standard InChI is InChI=1S/C12H18N2O3S/c1-4-17-12(16)5-10(15)13-6-11-14-9(7-18-11)8(2)3/h7-8H,4-6H2,1-3H3,(H,13,15). The van der Waals surface area contributed by atoms with Gasteiger partial charge in [0.05, 0.1) is 18.8 Å². The van der Waals surface area contributed by atoms with Crippen LogP contribution in [-0.4, -0.2) is 23.5 Å². The number of carbonyl (C=O) groups is 2. The topological polar surface area (TPSA) is 68.3 Å². The normalized spacial score (nSPS) is 10.4. The van der Waals surface area contributed by atoms with Gasteiger partial charge in [0.2, 0.25) is 5.91 Å². The largest absolute Gasteiger partial charge is 0.466 e. The van der Waals surface area contributed by atoms with Crippen LogP contribution >= 0.6 is 11.3 Å². The molecule has 0 fully saturated rings. The summed E-state index contributed by atoms with van der Waals surface area (Å²) in [7, 11) is 0. The van der Waals surface area contributed by atoms with Crippen molar-refractivity contribution < 1.29 is 14.3 Å². The summed E-state index contributed by atoms with van der Waals surface area (Å²) >= 11 is 1.51. The van der Waals surface area contributed by atoms with E-state index in [2.05, 4.69) is 28.9 Å². The summed E-state index contributed by atoms with van der Waals surface area (Å²) in [6.45, 7) is 6.49. The maximum absolute atomic E-state index is 11.4. The highest BCUT2D eigenvalue weighted by Crippen LogP contribution is 2.17. The van der Waals surface area contributed by atoms with Crippen molar-refractivity contribution in [3.63, 3.8) is 0 Å². The maximum atomic E-state index is 11.4. The first kappa shape index (κ1) is 14.6. The van der Waals surface area contributed by atoms with E-state index in [-0.39, 0.29) is 18.9 Å². The Morgan fingerprint density at radius 1 is 1.50 bits per heavy atom. The van der Waals surface area contributed by atoms with E-state index in [1.54, 1.807) is 6.92 Å². The molecule has 0 spiro atoms. The molecule has 0 saturated carbocycles. The highest BCUT2D eigenvalue weighted by molar-refractivity contribution is 7.09. The second kappa shape index (κ2) is 7.10. The molecular weight excluding hydrogens is 252 g/mol. The molecule has 1 aromatic heterocycles. The van der Waals surface area contributed by atoms with Gasteiger partial charge >= 0.3 is 5.97 Å². The molecule has 1 heterocycles. The number of thiazole rings is 1. The summed E-state index contributed by atoms with van der Waals surface area (Å²) in [6, 6.07) is 0. The third-order valence-corrected chi connectivity index (χ3v) is 3.08. The summed E-state index contributed by atoms with van der Waals surface area (Å²) < 4.78 is 4.69. The van der Waals surface area contributed by atoms with Crippen LogP contribution in [0.5, 0.6) is 0 Å². The minimum atomic E-state index is -0.503. The van der Waals surface area contributed by atoms with E-state index < -0.39 is 5.97 Å². The Labute approximate surface area is 111 Å². The average Bonchev–Trinajstić information content (AvgIpc) is 2.75. The highest BCUT2D eigenvalue weighted by atomic mass is 32.1. The third-order valence-electron chi connectivity index (χ3n) is 2.21. The van der Waals surface area contributed by atoms with Crippen LogP contribution in [0.4, 0.5) is 0 Å². The SMILES string of the molecule is CCOC(=O)CC(=O)NCc1nc(C(C)C)cs1. The second-order valence-corrected chi connectivity index (χ2v) is 5.02. The number of hydrogen-bond donors (Lipinski definition) is 1. The van der Waals surface area contributed by atoms with Crippen molar-refractivity contribution in [2.45, 2.75) is 39.7 Å². The Morgan fingerprint density at radius 3 is 2.78 bits per heavy atom. The molecule has 0 bridgehead atoms. The molecule has 1 N–H and O–H groups in total. The van der Waals surface area contributed by atoms with Crippen LogP contribution in [0.3, 0.4) is 0 Å². The Bertz CT molecular complexity index is 415. The summed E-state index contributed by atoms with van der Waals surface area (Å²) in [5.74, 6) is -0.461. The number of nitrogens with one attached hydrogen (secondary N) is 1. The van der Waals surface area contributed by atoms with Gasteiger partial charge in [-0.1, -0.05) is 13.8 Å². The van der Waals surface area contributed by atoms with Gasteiger partial charge in [-0.15, -0.1) is 11.3 Å². The van der Waals surface area contributed by atoms with Crippen molar-refractivity contribution in [2.24, 2.45) is 0 Å². The fraction of sp³-hybridized carbons (Fsp3) is 0.583. The van der Waals surface area contributed by atoms with Crippen LogP contribution in [0.2, 0.25) is 0 Å². The van der Waals surface area contributed by atoms with Gasteiger partial charge in [0.1, 0.15) is 11.4 Å². The summed E-state index contributed by atoms with van der Waals surface area (Å²) in [5.41, 5.74) is 1.02. The summed E-state index contributed by atoms with van der Waals surface area (Å²) in [5, 5.41) is 5.48. The molecule has 0 saturated heterocycles. The second-order valence-electron chi connectivity index (χ2n) is 4.08. The minimum Gasteiger partial charge on any atom is -0.466 e. The lowest BCUT2D eigenvalue weighted by Crippen LogP contribution is -2.26. The Hall–Kier alpha value is -1.43. The molecule has 0 aromatic carbocycles. The van der Waals surface area contributed by atoms with Crippen LogP contribution in [0, 0.1) is 0 Å². The first-order chi connectivity index (χ1) is 8.52. The molecule has 6 heteroatoms. The fourth-order valence-corrected chi connectivity index (χ4v) is 2.15. The fourth-order valence-electron chi connectivity index (χ4n) is 1.25. The number of rotatable bonds is 6. The molecule has 100 valence electrons. The Balaban J connectivity index is 2.35. The van der Waals surface area contributed by atoms with Gasteiger partial charge in [0, 0.05) is 5.38 Å². The lowest BCUT2D eigenvalue weighted by molar-refractivity contribution is -0.146.